The van der Waals surface area contributed by atoms with Gasteiger partial charge in [0.1, 0.15) is 5.75 Å². The van der Waals surface area contributed by atoms with Crippen molar-refractivity contribution in [1.82, 2.24) is 5.32 Å². The van der Waals surface area contributed by atoms with Gasteiger partial charge in [0, 0.05) is 26.4 Å². The van der Waals surface area contributed by atoms with Crippen LogP contribution in [0.3, 0.4) is 0 Å². The summed E-state index contributed by atoms with van der Waals surface area (Å²) < 4.78 is 17.1. The maximum Gasteiger partial charge on any atom is 0.335 e. The predicted molar refractivity (Wildman–Crippen MR) is 127 cm³/mol. The Morgan fingerprint density at radius 3 is 2.41 bits per heavy atom. The maximum absolute atomic E-state index is 13.7. The van der Waals surface area contributed by atoms with E-state index >= 15 is 0 Å². The van der Waals surface area contributed by atoms with E-state index in [9.17, 15) is 9.59 Å². The molecule has 1 unspecified atom stereocenters. The molecular formula is C27H33NO6. The molecule has 2 heterocycles. The van der Waals surface area contributed by atoms with E-state index in [-0.39, 0.29) is 17.5 Å². The second-order valence-corrected chi connectivity index (χ2v) is 9.21. The zero-order valence-electron chi connectivity index (χ0n) is 19.6. The number of carboxylic acids is 1. The van der Waals surface area contributed by atoms with E-state index in [2.05, 4.69) is 5.32 Å². The molecule has 2 aromatic carbocycles. The molecule has 2 aliphatic rings. The molecular weight excluding hydrogens is 434 g/mol. The number of hydrogen-bond acceptors (Lipinski definition) is 5. The molecule has 0 saturated carbocycles. The van der Waals surface area contributed by atoms with Gasteiger partial charge in [0.2, 0.25) is 5.91 Å². The molecule has 34 heavy (non-hydrogen) atoms. The van der Waals surface area contributed by atoms with Crippen molar-refractivity contribution in [2.45, 2.75) is 44.1 Å². The second-order valence-electron chi connectivity index (χ2n) is 9.21. The molecule has 7 nitrogen and oxygen atoms in total. The van der Waals surface area contributed by atoms with Crippen molar-refractivity contribution in [1.29, 1.82) is 0 Å². The summed E-state index contributed by atoms with van der Waals surface area (Å²) in [7, 11) is 0. The van der Waals surface area contributed by atoms with Crippen molar-refractivity contribution in [3.05, 3.63) is 65.2 Å². The third-order valence-corrected chi connectivity index (χ3v) is 7.00. The topological polar surface area (TPSA) is 94.1 Å². The van der Waals surface area contributed by atoms with Crippen LogP contribution >= 0.6 is 0 Å². The zero-order chi connectivity index (χ0) is 24.0. The summed E-state index contributed by atoms with van der Waals surface area (Å²) in [4.78, 5) is 24.8. The van der Waals surface area contributed by atoms with Crippen molar-refractivity contribution in [3.63, 3.8) is 0 Å². The van der Waals surface area contributed by atoms with E-state index in [1.165, 1.54) is 0 Å². The van der Waals surface area contributed by atoms with Gasteiger partial charge < -0.3 is 24.6 Å². The van der Waals surface area contributed by atoms with E-state index in [1.54, 1.807) is 24.3 Å². The highest BCUT2D eigenvalue weighted by atomic mass is 16.5. The largest absolute Gasteiger partial charge is 0.493 e. The lowest BCUT2D eigenvalue weighted by molar-refractivity contribution is -0.131. The van der Waals surface area contributed by atoms with E-state index in [0.29, 0.717) is 38.6 Å². The lowest BCUT2D eigenvalue weighted by Crippen LogP contribution is -2.48. The molecule has 4 rings (SSSR count). The molecule has 2 aliphatic heterocycles. The van der Waals surface area contributed by atoms with Gasteiger partial charge in [0.05, 0.1) is 23.6 Å². The van der Waals surface area contributed by atoms with Crippen molar-refractivity contribution in [2.75, 3.05) is 33.0 Å². The Bertz CT molecular complexity index is 977. The Balaban J connectivity index is 1.49. The number of carbonyl (C=O) groups excluding carboxylic acids is 1. The standard InChI is InChI=1S/C27H33NO6/c1-19(21-5-7-22(8-6-21)25(29)30)28-26(31)27(11-15-33-16-12-27)23-3-2-4-24(17-23)34-18-20-9-13-32-14-10-20/h2-8,17,19-20H,9-16,18H2,1H3,(H,28,31)(H,29,30). The quantitative estimate of drug-likeness (QED) is 0.607. The summed E-state index contributed by atoms with van der Waals surface area (Å²) in [5.41, 5.74) is 1.31. The summed E-state index contributed by atoms with van der Waals surface area (Å²) >= 11 is 0. The summed E-state index contributed by atoms with van der Waals surface area (Å²) in [5, 5.41) is 12.3. The minimum Gasteiger partial charge on any atom is -0.493 e. The van der Waals surface area contributed by atoms with Crippen molar-refractivity contribution < 1.29 is 28.9 Å². The molecule has 2 saturated heterocycles. The Morgan fingerprint density at radius 1 is 1.06 bits per heavy atom. The van der Waals surface area contributed by atoms with Crippen LogP contribution < -0.4 is 10.1 Å². The lowest BCUT2D eigenvalue weighted by atomic mass is 9.73. The molecule has 182 valence electrons. The van der Waals surface area contributed by atoms with Gasteiger partial charge in [0.15, 0.2) is 0 Å². The van der Waals surface area contributed by atoms with Crippen LogP contribution in [0.5, 0.6) is 5.75 Å². The summed E-state index contributed by atoms with van der Waals surface area (Å²) in [6.45, 7) is 5.17. The van der Waals surface area contributed by atoms with E-state index in [4.69, 9.17) is 19.3 Å². The first kappa shape index (κ1) is 24.2. The van der Waals surface area contributed by atoms with Gasteiger partial charge in [-0.25, -0.2) is 4.79 Å². The van der Waals surface area contributed by atoms with Crippen LogP contribution in [0.25, 0.3) is 0 Å². The summed E-state index contributed by atoms with van der Waals surface area (Å²) in [6, 6.07) is 14.2. The lowest BCUT2D eigenvalue weighted by Gasteiger charge is -2.37. The Kier molecular flexibility index (Phi) is 7.85. The van der Waals surface area contributed by atoms with Crippen molar-refractivity contribution in [2.24, 2.45) is 5.92 Å². The molecule has 0 aliphatic carbocycles. The van der Waals surface area contributed by atoms with E-state index in [1.807, 2.05) is 31.2 Å². The number of benzene rings is 2. The molecule has 2 aromatic rings. The SMILES string of the molecule is CC(NC(=O)C1(c2cccc(OCC3CCOCC3)c2)CCOCC1)c1ccc(C(=O)O)cc1. The first-order valence-corrected chi connectivity index (χ1v) is 12.0. The molecule has 1 amide bonds. The van der Waals surface area contributed by atoms with Gasteiger partial charge in [-0.2, -0.15) is 0 Å². The van der Waals surface area contributed by atoms with Crippen LogP contribution in [-0.4, -0.2) is 50.0 Å². The molecule has 0 spiro atoms. The molecule has 7 heteroatoms. The number of ether oxygens (including phenoxy) is 3. The van der Waals surface area contributed by atoms with Gasteiger partial charge >= 0.3 is 5.97 Å². The van der Waals surface area contributed by atoms with Gasteiger partial charge in [0.25, 0.3) is 0 Å². The Morgan fingerprint density at radius 2 is 1.74 bits per heavy atom. The first-order valence-electron chi connectivity index (χ1n) is 12.0. The smallest absolute Gasteiger partial charge is 0.335 e. The van der Waals surface area contributed by atoms with Crippen molar-refractivity contribution in [3.8, 4) is 5.75 Å². The van der Waals surface area contributed by atoms with Crippen LogP contribution in [0.1, 0.15) is 60.1 Å². The number of nitrogens with one attached hydrogen (secondary N) is 1. The fourth-order valence-corrected chi connectivity index (χ4v) is 4.71. The first-order chi connectivity index (χ1) is 16.5. The Hall–Kier alpha value is -2.90. The highest BCUT2D eigenvalue weighted by molar-refractivity contribution is 5.89. The van der Waals surface area contributed by atoms with Gasteiger partial charge in [-0.15, -0.1) is 0 Å². The number of carboxylic acid groups (broad SMARTS) is 1. The van der Waals surface area contributed by atoms with E-state index in [0.717, 1.165) is 42.9 Å². The highest BCUT2D eigenvalue weighted by Gasteiger charge is 2.42. The van der Waals surface area contributed by atoms with Gasteiger partial charge in [-0.1, -0.05) is 24.3 Å². The van der Waals surface area contributed by atoms with Crippen LogP contribution in [0.4, 0.5) is 0 Å². The number of amides is 1. The molecule has 0 aromatic heterocycles. The van der Waals surface area contributed by atoms with Gasteiger partial charge in [-0.05, 0) is 73.9 Å². The highest BCUT2D eigenvalue weighted by Crippen LogP contribution is 2.37. The normalized spacial score (nSPS) is 19.2. The number of aromatic carboxylic acids is 1. The maximum atomic E-state index is 13.7. The number of rotatable bonds is 8. The molecule has 0 bridgehead atoms. The molecule has 2 fully saturated rings. The Labute approximate surface area is 200 Å². The zero-order valence-corrected chi connectivity index (χ0v) is 19.6. The average Bonchev–Trinajstić information content (AvgIpc) is 2.88. The van der Waals surface area contributed by atoms with Crippen molar-refractivity contribution >= 4 is 11.9 Å². The minimum absolute atomic E-state index is 0.0489. The number of carbonyl (C=O) groups is 2. The van der Waals surface area contributed by atoms with Crippen LogP contribution in [0.2, 0.25) is 0 Å². The predicted octanol–water partition coefficient (Wildman–Crippen LogP) is 4.12. The van der Waals surface area contributed by atoms with Gasteiger partial charge in [-0.3, -0.25) is 4.79 Å². The third-order valence-electron chi connectivity index (χ3n) is 7.00. The molecule has 1 atom stereocenters. The molecule has 2 N–H and O–H groups in total. The van der Waals surface area contributed by atoms with Crippen LogP contribution in [-0.2, 0) is 19.7 Å². The third kappa shape index (κ3) is 5.59. The minimum atomic E-state index is -0.969. The average molecular weight is 468 g/mol. The van der Waals surface area contributed by atoms with Crippen LogP contribution in [0, 0.1) is 5.92 Å². The summed E-state index contributed by atoms with van der Waals surface area (Å²) in [5.74, 6) is 0.251. The summed E-state index contributed by atoms with van der Waals surface area (Å²) in [6.07, 6.45) is 3.20. The molecule has 0 radical (unpaired) electrons. The number of hydrogen-bond donors (Lipinski definition) is 2. The second kappa shape index (κ2) is 11.0. The monoisotopic (exact) mass is 467 g/mol. The van der Waals surface area contributed by atoms with E-state index < -0.39 is 11.4 Å². The van der Waals surface area contributed by atoms with Crippen LogP contribution in [0.15, 0.2) is 48.5 Å². The fourth-order valence-electron chi connectivity index (χ4n) is 4.71. The fraction of sp³-hybridized carbons (Fsp3) is 0.481.